The van der Waals surface area contributed by atoms with Crippen LogP contribution in [0.4, 0.5) is 0 Å². The Hall–Kier alpha value is -1.60. The molecule has 0 saturated carbocycles. The first-order valence-corrected chi connectivity index (χ1v) is 12.0. The molecule has 0 spiro atoms. The number of hydrogen-bond donors (Lipinski definition) is 1. The predicted molar refractivity (Wildman–Crippen MR) is 112 cm³/mol. The zero-order valence-corrected chi connectivity index (χ0v) is 18.1. The monoisotopic (exact) mass is 410 g/mol. The number of hydrogen-bond acceptors (Lipinski definition) is 4. The van der Waals surface area contributed by atoms with Gasteiger partial charge in [0.25, 0.3) is 0 Å². The van der Waals surface area contributed by atoms with Gasteiger partial charge in [0.05, 0.1) is 24.3 Å². The second kappa shape index (κ2) is 10.8. The summed E-state index contributed by atoms with van der Waals surface area (Å²) < 4.78 is 31.8. The number of unbranched alkanes of at least 4 members (excludes halogenated alkanes) is 1. The van der Waals surface area contributed by atoms with E-state index in [9.17, 15) is 13.2 Å². The number of nitrogens with one attached hydrogen (secondary N) is 1. The third kappa shape index (κ3) is 6.48. The zero-order valence-electron chi connectivity index (χ0n) is 17.3. The first-order valence-electron chi connectivity index (χ1n) is 10.4. The average Bonchev–Trinajstić information content (AvgIpc) is 2.68. The predicted octanol–water partition coefficient (Wildman–Crippen LogP) is 3.49. The van der Waals surface area contributed by atoms with E-state index in [1.54, 1.807) is 0 Å². The summed E-state index contributed by atoms with van der Waals surface area (Å²) in [6.07, 6.45) is 4.16. The van der Waals surface area contributed by atoms with Gasteiger partial charge >= 0.3 is 0 Å². The van der Waals surface area contributed by atoms with Crippen molar-refractivity contribution < 1.29 is 17.9 Å². The Morgan fingerprint density at radius 3 is 2.61 bits per heavy atom. The highest BCUT2D eigenvalue weighted by Crippen LogP contribution is 2.22. The SMILES string of the molecule is CCCCOc1ccc([C@@H](C)NC(=O)[C@H]2CCCN(S(=O)(=O)CCC)C2)cc1. The molecule has 1 aliphatic heterocycles. The van der Waals surface area contributed by atoms with Crippen molar-refractivity contribution in [3.05, 3.63) is 29.8 Å². The van der Waals surface area contributed by atoms with E-state index in [1.165, 1.54) is 4.31 Å². The minimum absolute atomic E-state index is 0.0767. The van der Waals surface area contributed by atoms with E-state index in [-0.39, 0.29) is 30.2 Å². The molecule has 1 aromatic carbocycles. The second-order valence-electron chi connectivity index (χ2n) is 7.51. The van der Waals surface area contributed by atoms with Crippen LogP contribution in [0, 0.1) is 5.92 Å². The highest BCUT2D eigenvalue weighted by Gasteiger charge is 2.32. The quantitative estimate of drug-likeness (QED) is 0.599. The van der Waals surface area contributed by atoms with Crippen LogP contribution in [-0.4, -0.2) is 44.1 Å². The molecule has 1 aliphatic rings. The topological polar surface area (TPSA) is 75.7 Å². The largest absolute Gasteiger partial charge is 0.494 e. The number of rotatable bonds is 10. The molecule has 0 aliphatic carbocycles. The van der Waals surface area contributed by atoms with Crippen molar-refractivity contribution in [1.29, 1.82) is 0 Å². The summed E-state index contributed by atoms with van der Waals surface area (Å²) in [5.74, 6) is 0.608. The standard InChI is InChI=1S/C21H34N2O4S/c1-4-6-14-27-20-11-9-18(10-12-20)17(3)22-21(24)19-8-7-13-23(16-19)28(25,26)15-5-2/h9-12,17,19H,4-8,13-16H2,1-3H3,(H,22,24)/t17-,19+/m1/s1. The third-order valence-electron chi connectivity index (χ3n) is 5.12. The molecule has 2 rings (SSSR count). The molecule has 1 N–H and O–H groups in total. The summed E-state index contributed by atoms with van der Waals surface area (Å²) in [5.41, 5.74) is 1.00. The lowest BCUT2D eigenvalue weighted by Crippen LogP contribution is -2.46. The summed E-state index contributed by atoms with van der Waals surface area (Å²) in [6.45, 7) is 7.43. The molecule has 1 aromatic rings. The van der Waals surface area contributed by atoms with Crippen LogP contribution in [0.1, 0.15) is 64.5 Å². The normalized spacial score (nSPS) is 19.2. The van der Waals surface area contributed by atoms with Crippen LogP contribution in [0.5, 0.6) is 5.75 Å². The van der Waals surface area contributed by atoms with Gasteiger partial charge in [0.15, 0.2) is 0 Å². The molecule has 1 fully saturated rings. The van der Waals surface area contributed by atoms with Crippen molar-refractivity contribution in [3.8, 4) is 5.75 Å². The zero-order chi connectivity index (χ0) is 20.6. The van der Waals surface area contributed by atoms with Crippen LogP contribution in [0.3, 0.4) is 0 Å². The van der Waals surface area contributed by atoms with Crippen molar-refractivity contribution in [2.75, 3.05) is 25.4 Å². The Balaban J connectivity index is 1.90. The van der Waals surface area contributed by atoms with Crippen molar-refractivity contribution in [2.45, 2.75) is 58.9 Å². The molecule has 0 radical (unpaired) electrons. The summed E-state index contributed by atoms with van der Waals surface area (Å²) >= 11 is 0. The number of amides is 1. The lowest BCUT2D eigenvalue weighted by atomic mass is 9.98. The van der Waals surface area contributed by atoms with Crippen LogP contribution >= 0.6 is 0 Å². The molecule has 1 heterocycles. The lowest BCUT2D eigenvalue weighted by molar-refractivity contribution is -0.126. The molecule has 158 valence electrons. The summed E-state index contributed by atoms with van der Waals surface area (Å²) in [6, 6.07) is 7.64. The molecule has 2 atom stereocenters. The number of carbonyl (C=O) groups excluding carboxylic acids is 1. The molecule has 1 amide bonds. The molecule has 28 heavy (non-hydrogen) atoms. The number of benzene rings is 1. The van der Waals surface area contributed by atoms with Crippen LogP contribution in [-0.2, 0) is 14.8 Å². The van der Waals surface area contributed by atoms with Gasteiger partial charge in [0.2, 0.25) is 15.9 Å². The molecule has 0 bridgehead atoms. The number of ether oxygens (including phenoxy) is 1. The summed E-state index contributed by atoms with van der Waals surface area (Å²) in [5, 5.41) is 3.04. The molecule has 7 heteroatoms. The number of sulfonamides is 1. The van der Waals surface area contributed by atoms with Crippen LogP contribution in [0.15, 0.2) is 24.3 Å². The number of nitrogens with zero attached hydrogens (tertiary/aromatic N) is 1. The van der Waals surface area contributed by atoms with Gasteiger partial charge in [-0.05, 0) is 50.3 Å². The van der Waals surface area contributed by atoms with Gasteiger partial charge < -0.3 is 10.1 Å². The molecular formula is C21H34N2O4S. The maximum absolute atomic E-state index is 12.7. The van der Waals surface area contributed by atoms with Crippen LogP contribution in [0.25, 0.3) is 0 Å². The summed E-state index contributed by atoms with van der Waals surface area (Å²) in [4.78, 5) is 12.7. The fourth-order valence-electron chi connectivity index (χ4n) is 3.40. The number of piperidine rings is 1. The highest BCUT2D eigenvalue weighted by molar-refractivity contribution is 7.89. The lowest BCUT2D eigenvalue weighted by Gasteiger charge is -2.31. The summed E-state index contributed by atoms with van der Waals surface area (Å²) in [7, 11) is -3.26. The third-order valence-corrected chi connectivity index (χ3v) is 7.16. The Morgan fingerprint density at radius 1 is 1.25 bits per heavy atom. The Bertz CT molecular complexity index is 718. The Labute approximate surface area is 169 Å². The molecule has 6 nitrogen and oxygen atoms in total. The van der Waals surface area contributed by atoms with Gasteiger partial charge in [-0.15, -0.1) is 0 Å². The van der Waals surface area contributed by atoms with Gasteiger partial charge in [0, 0.05) is 13.1 Å². The maximum Gasteiger partial charge on any atom is 0.224 e. The Morgan fingerprint density at radius 2 is 1.96 bits per heavy atom. The fraction of sp³-hybridized carbons (Fsp3) is 0.667. The minimum atomic E-state index is -3.26. The first kappa shape index (κ1) is 22.7. The maximum atomic E-state index is 12.7. The second-order valence-corrected chi connectivity index (χ2v) is 9.60. The van der Waals surface area contributed by atoms with E-state index < -0.39 is 10.0 Å². The van der Waals surface area contributed by atoms with E-state index in [2.05, 4.69) is 12.2 Å². The van der Waals surface area contributed by atoms with Crippen molar-refractivity contribution >= 4 is 15.9 Å². The number of carbonyl (C=O) groups is 1. The van der Waals surface area contributed by atoms with Crippen LogP contribution < -0.4 is 10.1 Å². The first-order chi connectivity index (χ1) is 13.4. The van der Waals surface area contributed by atoms with Crippen molar-refractivity contribution in [3.63, 3.8) is 0 Å². The van der Waals surface area contributed by atoms with E-state index >= 15 is 0 Å². The van der Waals surface area contributed by atoms with E-state index in [4.69, 9.17) is 4.74 Å². The van der Waals surface area contributed by atoms with Crippen molar-refractivity contribution in [2.24, 2.45) is 5.92 Å². The molecular weight excluding hydrogens is 376 g/mol. The van der Waals surface area contributed by atoms with Gasteiger partial charge in [-0.3, -0.25) is 4.79 Å². The molecule has 1 saturated heterocycles. The Kier molecular flexibility index (Phi) is 8.76. The van der Waals surface area contributed by atoms with Gasteiger partial charge in [-0.2, -0.15) is 0 Å². The van der Waals surface area contributed by atoms with E-state index in [0.717, 1.165) is 37.0 Å². The van der Waals surface area contributed by atoms with Gasteiger partial charge in [-0.25, -0.2) is 12.7 Å². The van der Waals surface area contributed by atoms with E-state index in [0.29, 0.717) is 19.6 Å². The molecule has 0 aromatic heterocycles. The smallest absolute Gasteiger partial charge is 0.224 e. The van der Waals surface area contributed by atoms with Gasteiger partial charge in [-0.1, -0.05) is 32.4 Å². The molecule has 0 unspecified atom stereocenters. The van der Waals surface area contributed by atoms with Crippen LogP contribution in [0.2, 0.25) is 0 Å². The van der Waals surface area contributed by atoms with E-state index in [1.807, 2.05) is 38.1 Å². The average molecular weight is 411 g/mol. The van der Waals surface area contributed by atoms with Gasteiger partial charge in [0.1, 0.15) is 5.75 Å². The minimum Gasteiger partial charge on any atom is -0.494 e. The van der Waals surface area contributed by atoms with Crippen molar-refractivity contribution in [1.82, 2.24) is 9.62 Å². The highest BCUT2D eigenvalue weighted by atomic mass is 32.2. The fourth-order valence-corrected chi connectivity index (χ4v) is 4.99.